The highest BCUT2D eigenvalue weighted by Crippen LogP contribution is 2.57. The van der Waals surface area contributed by atoms with Crippen LogP contribution < -0.4 is 31.4 Å². The molecule has 0 N–H and O–H groups in total. The molecule has 0 saturated carbocycles. The number of aromatic nitrogens is 2. The van der Waals surface area contributed by atoms with Crippen LogP contribution in [0.5, 0.6) is 11.5 Å². The number of nitrogens with zero attached hydrogens (tertiary/aromatic N) is 3. The average Bonchev–Trinajstić information content (AvgIpc) is 1.21. The summed E-state index contributed by atoms with van der Waals surface area (Å²) in [5.74, 6) is 1.19. The predicted molar refractivity (Wildman–Crippen MR) is 343 cm³/mol. The Bertz CT molecular complexity index is 5410. The molecule has 0 saturated heterocycles. The molecule has 0 aliphatic carbocycles. The fourth-order valence-corrected chi connectivity index (χ4v) is 13.3. The Balaban J connectivity index is 0.900. The lowest BCUT2D eigenvalue weighted by Gasteiger charge is -2.36. The van der Waals surface area contributed by atoms with Gasteiger partial charge in [0.15, 0.2) is 33.2 Å². The van der Waals surface area contributed by atoms with Crippen LogP contribution in [-0.4, -0.2) is 8.80 Å². The summed E-state index contributed by atoms with van der Waals surface area (Å²) >= 11 is 0. The Morgan fingerprint density at radius 2 is 0.595 bits per heavy atom. The molecule has 0 radical (unpaired) electrons. The molecule has 4 aromatic heterocycles. The summed E-state index contributed by atoms with van der Waals surface area (Å²) in [7, 11) is 0. The number of anilines is 3. The Morgan fingerprint density at radius 1 is 0.250 bits per heavy atom. The predicted octanol–water partition coefficient (Wildman–Crippen LogP) is 17.3. The minimum Gasteiger partial charge on any atom is -0.453 e. The summed E-state index contributed by atoms with van der Waals surface area (Å²) in [5, 5.41) is 4.20. The van der Waals surface area contributed by atoms with E-state index in [2.05, 4.69) is 135 Å². The van der Waals surface area contributed by atoms with Gasteiger partial charge in [-0.1, -0.05) is 152 Å². The minimum absolute atomic E-state index is 0.0992. The first-order valence-electron chi connectivity index (χ1n) is 28.0. The maximum atomic E-state index is 14.7. The van der Waals surface area contributed by atoms with Crippen molar-refractivity contribution in [3.63, 3.8) is 0 Å². The van der Waals surface area contributed by atoms with Gasteiger partial charge in [0.1, 0.15) is 0 Å². The van der Waals surface area contributed by atoms with Gasteiger partial charge in [-0.25, -0.2) is 0 Å². The Morgan fingerprint density at radius 3 is 1.04 bits per heavy atom. The molecule has 1 aliphatic heterocycles. The van der Waals surface area contributed by atoms with E-state index < -0.39 is 0 Å². The molecular formula is C76H43N3O5. The minimum atomic E-state index is -0.150. The summed E-state index contributed by atoms with van der Waals surface area (Å²) in [6.07, 6.45) is 0. The van der Waals surface area contributed by atoms with Crippen LogP contribution in [0.2, 0.25) is 0 Å². The van der Waals surface area contributed by atoms with E-state index in [4.69, 9.17) is 4.74 Å². The van der Waals surface area contributed by atoms with Crippen molar-refractivity contribution in [3.8, 4) is 67.1 Å². The summed E-state index contributed by atoms with van der Waals surface area (Å²) in [6, 6.07) is 86.5. The van der Waals surface area contributed by atoms with Gasteiger partial charge in [0.2, 0.25) is 0 Å². The zero-order valence-corrected chi connectivity index (χ0v) is 44.7. The molecule has 0 amide bonds. The van der Waals surface area contributed by atoms with Crippen LogP contribution in [-0.2, 0) is 0 Å². The molecule has 0 spiro atoms. The van der Waals surface area contributed by atoms with Gasteiger partial charge in [0.25, 0.3) is 0 Å². The molecular weight excluding hydrogens is 1030 g/mol. The molecule has 16 aromatic rings. The zero-order chi connectivity index (χ0) is 55.9. The first kappa shape index (κ1) is 47.3. The zero-order valence-electron chi connectivity index (χ0n) is 44.7. The topological polar surface area (TPSA) is 89.6 Å². The largest absolute Gasteiger partial charge is 0.453 e. The van der Waals surface area contributed by atoms with Crippen LogP contribution in [0.1, 0.15) is 0 Å². The highest BCUT2D eigenvalue weighted by Gasteiger charge is 2.32. The lowest BCUT2D eigenvalue weighted by Crippen LogP contribution is -2.18. The number of pyridine rings is 4. The second-order valence-electron chi connectivity index (χ2n) is 21.7. The van der Waals surface area contributed by atoms with Gasteiger partial charge in [-0.2, -0.15) is 0 Å². The van der Waals surface area contributed by atoms with Gasteiger partial charge in [-0.15, -0.1) is 0 Å². The summed E-state index contributed by atoms with van der Waals surface area (Å²) in [5.41, 5.74) is 15.7. The van der Waals surface area contributed by atoms with Gasteiger partial charge in [0, 0.05) is 54.2 Å². The first-order chi connectivity index (χ1) is 41.3. The molecule has 8 heteroatoms. The normalized spacial score (nSPS) is 12.3. The van der Waals surface area contributed by atoms with Crippen LogP contribution in [0.4, 0.5) is 17.1 Å². The Kier molecular flexibility index (Phi) is 10.2. The molecule has 5 heterocycles. The molecule has 12 aromatic carbocycles. The van der Waals surface area contributed by atoms with Crippen molar-refractivity contribution in [3.05, 3.63) is 302 Å². The fourth-order valence-electron chi connectivity index (χ4n) is 13.3. The van der Waals surface area contributed by atoms with Crippen LogP contribution in [0, 0.1) is 0 Å². The number of benzene rings is 12. The molecule has 1 aliphatic rings. The maximum absolute atomic E-state index is 14.7. The third kappa shape index (κ3) is 6.88. The maximum Gasteiger partial charge on any atom is 0.197 e. The third-order valence-corrected chi connectivity index (χ3v) is 17.1. The van der Waals surface area contributed by atoms with Crippen molar-refractivity contribution in [2.45, 2.75) is 0 Å². The molecule has 0 atom stereocenters. The van der Waals surface area contributed by atoms with Crippen LogP contribution in [0.3, 0.4) is 0 Å². The van der Waals surface area contributed by atoms with Gasteiger partial charge >= 0.3 is 0 Å². The number of fused-ring (bicyclic) bond motifs is 10. The van der Waals surface area contributed by atoms with E-state index in [1.54, 1.807) is 24.3 Å². The van der Waals surface area contributed by atoms with E-state index in [9.17, 15) is 19.2 Å². The highest BCUT2D eigenvalue weighted by molar-refractivity contribution is 6.11. The number of rotatable bonds is 6. The smallest absolute Gasteiger partial charge is 0.197 e. The lowest BCUT2D eigenvalue weighted by atomic mass is 9.89. The van der Waals surface area contributed by atoms with Gasteiger partial charge in [0.05, 0.1) is 50.2 Å². The average molecular weight is 1080 g/mol. The van der Waals surface area contributed by atoms with E-state index in [1.807, 2.05) is 115 Å². The van der Waals surface area contributed by atoms with Gasteiger partial charge in [-0.3, -0.25) is 19.2 Å². The van der Waals surface area contributed by atoms with Gasteiger partial charge < -0.3 is 18.4 Å². The summed E-state index contributed by atoms with van der Waals surface area (Å²) in [4.78, 5) is 59.5. The van der Waals surface area contributed by atoms with Crippen LogP contribution >= 0.6 is 0 Å². The van der Waals surface area contributed by atoms with Crippen molar-refractivity contribution >= 4 is 93.3 Å². The summed E-state index contributed by atoms with van der Waals surface area (Å²) < 4.78 is 11.4. The third-order valence-electron chi connectivity index (χ3n) is 17.1. The van der Waals surface area contributed by atoms with Crippen molar-refractivity contribution in [1.29, 1.82) is 0 Å². The van der Waals surface area contributed by atoms with E-state index >= 15 is 0 Å². The molecule has 0 fully saturated rings. The quantitative estimate of drug-likeness (QED) is 0.122. The number of hydrogen-bond donors (Lipinski definition) is 0. The van der Waals surface area contributed by atoms with Crippen molar-refractivity contribution in [1.82, 2.24) is 8.80 Å². The van der Waals surface area contributed by atoms with E-state index in [0.29, 0.717) is 76.7 Å². The highest BCUT2D eigenvalue weighted by atomic mass is 16.5. The monoisotopic (exact) mass is 1080 g/mol. The Labute approximate surface area is 478 Å². The molecule has 0 bridgehead atoms. The number of para-hydroxylation sites is 4. The molecule has 392 valence electrons. The second kappa shape index (κ2) is 18.0. The van der Waals surface area contributed by atoms with Gasteiger partial charge in [-0.05, 0) is 154 Å². The molecule has 8 nitrogen and oxygen atoms in total. The van der Waals surface area contributed by atoms with Crippen molar-refractivity contribution < 1.29 is 4.74 Å². The molecule has 17 rings (SSSR count). The fraction of sp³-hybridized carbons (Fsp3) is 0. The Hall–Kier alpha value is -11.5. The number of hydrogen-bond acceptors (Lipinski definition) is 6. The van der Waals surface area contributed by atoms with Crippen LogP contribution in [0.15, 0.2) is 280 Å². The first-order valence-corrected chi connectivity index (χ1v) is 28.0. The second-order valence-corrected chi connectivity index (χ2v) is 21.7. The molecule has 84 heavy (non-hydrogen) atoms. The standard InChI is InChI=1S/C76H43N3O5/c80-73-52-22-10-12-28-62(52)77-64-34-30-47(38-60(64)75(82)56-26-14-24-54(73)70(56)77)49-32-36-66-68(42-49)84-69-43-50(48-31-35-65-61(39-48)76(83)57-27-15-25-55-71(57)78(65)63-29-13-11-23-53(63)74(55)81)33-37-67(69)79(66)72-58(45-18-6-2-7-19-45)40-51(44-16-4-1-5-17-44)41-59(72)46-20-8-3-9-21-46/h1-43H. The summed E-state index contributed by atoms with van der Waals surface area (Å²) in [6.45, 7) is 0. The lowest BCUT2D eigenvalue weighted by molar-refractivity contribution is 0.477. The van der Waals surface area contributed by atoms with E-state index in [-0.39, 0.29) is 21.7 Å². The number of ether oxygens (including phenoxy) is 1. The SMILES string of the molecule is O=c1c2ccccc2n2c3ccc(-c4ccc5c(c4)Oc4cc(-c6ccc7c(c6)c(=O)c6cccc8c(=O)c9ccccc9n7c86)ccc4N5c4c(-c5ccccc5)cc(-c5ccccc5)cc4-c4ccccc4)cc3c(=O)c3cccc1c32. The van der Waals surface area contributed by atoms with Crippen molar-refractivity contribution in [2.24, 2.45) is 0 Å². The van der Waals surface area contributed by atoms with Crippen LogP contribution in [0.25, 0.3) is 132 Å². The van der Waals surface area contributed by atoms with E-state index in [0.717, 1.165) is 83.7 Å². The molecule has 0 unspecified atom stereocenters. The van der Waals surface area contributed by atoms with E-state index in [1.165, 1.54) is 0 Å². The van der Waals surface area contributed by atoms with Crippen molar-refractivity contribution in [2.75, 3.05) is 4.90 Å².